The van der Waals surface area contributed by atoms with Crippen molar-refractivity contribution in [2.75, 3.05) is 5.75 Å². The van der Waals surface area contributed by atoms with Gasteiger partial charge in [-0.15, -0.1) is 10.2 Å². The molecule has 2 aromatic carbocycles. The van der Waals surface area contributed by atoms with Crippen LogP contribution in [0.15, 0.2) is 76.3 Å². The summed E-state index contributed by atoms with van der Waals surface area (Å²) >= 11 is 1.07. The predicted molar refractivity (Wildman–Crippen MR) is 121 cm³/mol. The second kappa shape index (κ2) is 8.64. The topological polar surface area (TPSA) is 117 Å². The third-order valence-electron chi connectivity index (χ3n) is 4.74. The zero-order chi connectivity index (χ0) is 21.9. The molecule has 0 radical (unpaired) electrons. The van der Waals surface area contributed by atoms with Gasteiger partial charge in [0.1, 0.15) is 12.4 Å². The Morgan fingerprint density at radius 3 is 2.69 bits per heavy atom. The van der Waals surface area contributed by atoms with Crippen molar-refractivity contribution in [1.29, 1.82) is 0 Å². The summed E-state index contributed by atoms with van der Waals surface area (Å²) < 4.78 is 11.8. The highest BCUT2D eigenvalue weighted by Gasteiger charge is 2.14. The van der Waals surface area contributed by atoms with E-state index in [4.69, 9.17) is 14.3 Å². The van der Waals surface area contributed by atoms with E-state index >= 15 is 0 Å². The highest BCUT2D eigenvalue weighted by Crippen LogP contribution is 2.30. The second-order valence-corrected chi connectivity index (χ2v) is 8.00. The van der Waals surface area contributed by atoms with E-state index < -0.39 is 5.97 Å². The number of H-pyrrole nitrogens is 2. The van der Waals surface area contributed by atoms with Crippen molar-refractivity contribution >= 4 is 28.6 Å². The maximum atomic E-state index is 10.7. The molecule has 3 heterocycles. The fraction of sp³-hybridized carbons (Fsp3) is 0.0870. The van der Waals surface area contributed by atoms with Crippen LogP contribution in [0.4, 0.5) is 0 Å². The number of rotatable bonds is 8. The van der Waals surface area contributed by atoms with E-state index in [-0.39, 0.29) is 5.75 Å². The molecule has 9 heteroatoms. The van der Waals surface area contributed by atoms with Gasteiger partial charge < -0.3 is 24.2 Å². The summed E-state index contributed by atoms with van der Waals surface area (Å²) in [5.41, 5.74) is 2.90. The van der Waals surface area contributed by atoms with Crippen LogP contribution in [0.25, 0.3) is 33.9 Å². The molecule has 0 saturated heterocycles. The molecule has 160 valence electrons. The molecule has 0 amide bonds. The normalized spacial score (nSPS) is 11.1. The van der Waals surface area contributed by atoms with Crippen LogP contribution in [-0.2, 0) is 11.4 Å². The van der Waals surface area contributed by atoms with Gasteiger partial charge in [0, 0.05) is 10.9 Å². The molecule has 0 unspecified atom stereocenters. The number of aromatic nitrogens is 4. The minimum Gasteiger partial charge on any atom is -0.489 e. The molecule has 0 bridgehead atoms. The Labute approximate surface area is 186 Å². The fourth-order valence-electron chi connectivity index (χ4n) is 3.25. The minimum atomic E-state index is -0.915. The molecule has 5 rings (SSSR count). The van der Waals surface area contributed by atoms with E-state index in [9.17, 15) is 4.79 Å². The number of carboxylic acids is 1. The molecule has 0 aliphatic carbocycles. The number of thioether (sulfide) groups is 1. The van der Waals surface area contributed by atoms with Crippen LogP contribution in [0.2, 0.25) is 0 Å². The van der Waals surface area contributed by atoms with Gasteiger partial charge >= 0.3 is 5.97 Å². The van der Waals surface area contributed by atoms with E-state index in [1.54, 1.807) is 6.07 Å². The summed E-state index contributed by atoms with van der Waals surface area (Å²) in [7, 11) is 0. The van der Waals surface area contributed by atoms with Gasteiger partial charge in [0.15, 0.2) is 22.5 Å². The Balaban J connectivity index is 1.32. The predicted octanol–water partition coefficient (Wildman–Crippen LogP) is 4.97. The number of fused-ring (bicyclic) bond motifs is 1. The van der Waals surface area contributed by atoms with Crippen LogP contribution < -0.4 is 4.74 Å². The maximum Gasteiger partial charge on any atom is 0.313 e. The van der Waals surface area contributed by atoms with Gasteiger partial charge in [0.25, 0.3) is 0 Å². The third-order valence-corrected chi connectivity index (χ3v) is 5.59. The number of nitrogens with one attached hydrogen (secondary N) is 2. The van der Waals surface area contributed by atoms with Crippen molar-refractivity contribution < 1.29 is 19.1 Å². The molecule has 0 aliphatic heterocycles. The van der Waals surface area contributed by atoms with Crippen LogP contribution in [0.5, 0.6) is 5.75 Å². The first-order valence-corrected chi connectivity index (χ1v) is 10.8. The maximum absolute atomic E-state index is 10.7. The Morgan fingerprint density at radius 1 is 1.00 bits per heavy atom. The summed E-state index contributed by atoms with van der Waals surface area (Å²) in [6, 6.07) is 21.5. The Morgan fingerprint density at radius 2 is 1.84 bits per heavy atom. The average molecular weight is 446 g/mol. The van der Waals surface area contributed by atoms with Crippen molar-refractivity contribution in [3.8, 4) is 28.8 Å². The van der Waals surface area contributed by atoms with Gasteiger partial charge in [-0.25, -0.2) is 0 Å². The molecule has 0 aliphatic rings. The van der Waals surface area contributed by atoms with Crippen LogP contribution in [0, 0.1) is 0 Å². The van der Waals surface area contributed by atoms with Gasteiger partial charge in [0.2, 0.25) is 0 Å². The van der Waals surface area contributed by atoms with Crippen molar-refractivity contribution in [3.63, 3.8) is 0 Å². The molecule has 0 fully saturated rings. The Hall–Kier alpha value is -3.98. The number of aromatic amines is 2. The Bertz CT molecular complexity index is 1370. The standard InChI is InChI=1S/C23H18N4O4S/c28-21(29)13-32-23-25-22(26-27-23)20-9-8-19(31-20)18-11-15-10-14(6-7-17(15)24-18)12-30-16-4-2-1-3-5-16/h1-11,24H,12-13H2,(H,28,29)(H,25,26,27). The molecule has 8 nitrogen and oxygen atoms in total. The van der Waals surface area contributed by atoms with E-state index in [1.165, 1.54) is 0 Å². The summed E-state index contributed by atoms with van der Waals surface area (Å²) in [4.78, 5) is 17.0. The summed E-state index contributed by atoms with van der Waals surface area (Å²) in [5.74, 6) is 1.45. The average Bonchev–Trinajstić information content (AvgIpc) is 3.55. The Kier molecular flexibility index (Phi) is 5.39. The second-order valence-electron chi connectivity index (χ2n) is 7.03. The highest BCUT2D eigenvalue weighted by molar-refractivity contribution is 7.99. The van der Waals surface area contributed by atoms with E-state index in [2.05, 4.69) is 26.2 Å². The summed E-state index contributed by atoms with van der Waals surface area (Å²) in [5, 5.41) is 18.2. The molecule has 0 saturated carbocycles. The van der Waals surface area contributed by atoms with E-state index in [0.717, 1.165) is 39.7 Å². The number of hydrogen-bond acceptors (Lipinski definition) is 6. The molecule has 32 heavy (non-hydrogen) atoms. The lowest BCUT2D eigenvalue weighted by atomic mass is 10.1. The highest BCUT2D eigenvalue weighted by atomic mass is 32.2. The van der Waals surface area contributed by atoms with Gasteiger partial charge in [-0.2, -0.15) is 0 Å². The smallest absolute Gasteiger partial charge is 0.313 e. The first kappa shape index (κ1) is 20.0. The van der Waals surface area contributed by atoms with Crippen LogP contribution in [-0.4, -0.2) is 37.0 Å². The number of ether oxygens (including phenoxy) is 1. The van der Waals surface area contributed by atoms with Gasteiger partial charge in [-0.3, -0.25) is 4.79 Å². The van der Waals surface area contributed by atoms with Crippen LogP contribution in [0.3, 0.4) is 0 Å². The number of nitrogens with zero attached hydrogens (tertiary/aromatic N) is 2. The number of aliphatic carboxylic acids is 1. The number of carbonyl (C=O) groups is 1. The quantitative estimate of drug-likeness (QED) is 0.288. The lowest BCUT2D eigenvalue weighted by molar-refractivity contribution is -0.133. The number of benzene rings is 2. The van der Waals surface area contributed by atoms with Crippen molar-refractivity contribution in [3.05, 3.63) is 72.3 Å². The largest absolute Gasteiger partial charge is 0.489 e. The monoisotopic (exact) mass is 446 g/mol. The lowest BCUT2D eigenvalue weighted by Gasteiger charge is -2.05. The number of hydrogen-bond donors (Lipinski definition) is 3. The molecular weight excluding hydrogens is 428 g/mol. The molecule has 0 spiro atoms. The fourth-order valence-corrected chi connectivity index (χ4v) is 3.78. The van der Waals surface area contributed by atoms with E-state index in [0.29, 0.717) is 29.1 Å². The lowest BCUT2D eigenvalue weighted by Crippen LogP contribution is -1.97. The van der Waals surface area contributed by atoms with E-state index in [1.807, 2.05) is 54.6 Å². The van der Waals surface area contributed by atoms with Crippen molar-refractivity contribution in [2.45, 2.75) is 11.8 Å². The first-order valence-electron chi connectivity index (χ1n) is 9.81. The number of para-hydroxylation sites is 1. The van der Waals surface area contributed by atoms with Crippen molar-refractivity contribution in [1.82, 2.24) is 20.2 Å². The molecular formula is C23H18N4O4S. The zero-order valence-corrected chi connectivity index (χ0v) is 17.6. The SMILES string of the molecule is O=C(O)CSc1nnc(-c2ccc(-c3cc4cc(COc5ccccc5)ccc4[nH]3)o2)[nH]1. The van der Waals surface area contributed by atoms with Gasteiger partial charge in [-0.05, 0) is 48.0 Å². The summed E-state index contributed by atoms with van der Waals surface area (Å²) in [6.07, 6.45) is 0. The van der Waals surface area contributed by atoms with Crippen LogP contribution in [0.1, 0.15) is 5.56 Å². The summed E-state index contributed by atoms with van der Waals surface area (Å²) in [6.45, 7) is 0.485. The number of carboxylic acid groups (broad SMARTS) is 1. The van der Waals surface area contributed by atoms with Gasteiger partial charge in [0.05, 0.1) is 11.4 Å². The third kappa shape index (κ3) is 4.37. The molecule has 0 atom stereocenters. The molecule has 5 aromatic rings. The van der Waals surface area contributed by atoms with Crippen molar-refractivity contribution in [2.24, 2.45) is 0 Å². The molecule has 3 aromatic heterocycles. The van der Waals surface area contributed by atoms with Gasteiger partial charge in [-0.1, -0.05) is 36.0 Å². The minimum absolute atomic E-state index is 0.0918. The number of furan rings is 1. The zero-order valence-electron chi connectivity index (χ0n) is 16.7. The molecule has 3 N–H and O–H groups in total. The first-order chi connectivity index (χ1) is 15.6. The van der Waals surface area contributed by atoms with Crippen LogP contribution >= 0.6 is 11.8 Å².